The van der Waals surface area contributed by atoms with Crippen LogP contribution in [0.1, 0.15) is 18.4 Å². The monoisotopic (exact) mass is 428 g/mol. The Kier molecular flexibility index (Phi) is 6.02. The summed E-state index contributed by atoms with van der Waals surface area (Å²) in [6, 6.07) is 7.38. The van der Waals surface area contributed by atoms with Crippen LogP contribution in [0.5, 0.6) is 0 Å². The van der Waals surface area contributed by atoms with E-state index in [2.05, 4.69) is 5.32 Å². The summed E-state index contributed by atoms with van der Waals surface area (Å²) in [5.41, 5.74) is 1.14. The molecule has 0 spiro atoms. The maximum Gasteiger partial charge on any atom is 0.243 e. The lowest BCUT2D eigenvalue weighted by Crippen LogP contribution is -2.41. The number of hydrogen-bond acceptors (Lipinski definition) is 3. The first-order valence-corrected chi connectivity index (χ1v) is 10.5. The first-order chi connectivity index (χ1) is 13.2. The molecule has 28 heavy (non-hydrogen) atoms. The van der Waals surface area contributed by atoms with Gasteiger partial charge >= 0.3 is 0 Å². The molecule has 9 heteroatoms. The van der Waals surface area contributed by atoms with Crippen LogP contribution < -0.4 is 5.32 Å². The van der Waals surface area contributed by atoms with Crippen molar-refractivity contribution < 1.29 is 22.0 Å². The van der Waals surface area contributed by atoms with Gasteiger partial charge in [-0.1, -0.05) is 11.6 Å². The predicted octanol–water partition coefficient (Wildman–Crippen LogP) is 3.97. The van der Waals surface area contributed by atoms with Crippen LogP contribution in [-0.4, -0.2) is 31.7 Å². The van der Waals surface area contributed by atoms with E-state index < -0.39 is 15.8 Å². The van der Waals surface area contributed by atoms with E-state index in [9.17, 15) is 22.0 Å². The minimum atomic E-state index is -3.81. The van der Waals surface area contributed by atoms with E-state index in [0.29, 0.717) is 24.1 Å². The molecule has 2 aromatic rings. The predicted molar refractivity (Wildman–Crippen MR) is 103 cm³/mol. The number of aryl methyl sites for hydroxylation is 1. The second kappa shape index (κ2) is 8.14. The van der Waals surface area contributed by atoms with Crippen molar-refractivity contribution in [1.29, 1.82) is 0 Å². The topological polar surface area (TPSA) is 66.5 Å². The number of nitrogens with zero attached hydrogens (tertiary/aromatic N) is 1. The SMILES string of the molecule is Cc1cc(F)ccc1NC(=O)C1CCN(S(=O)(=O)c2ccc(F)c(Cl)c2)CC1. The maximum absolute atomic E-state index is 13.3. The fourth-order valence-corrected chi connectivity index (χ4v) is 4.89. The van der Waals surface area contributed by atoms with Crippen LogP contribution >= 0.6 is 11.6 Å². The van der Waals surface area contributed by atoms with Crippen LogP contribution in [0.15, 0.2) is 41.3 Å². The number of amides is 1. The number of carbonyl (C=O) groups excluding carboxylic acids is 1. The fraction of sp³-hybridized carbons (Fsp3) is 0.316. The molecule has 0 unspecified atom stereocenters. The highest BCUT2D eigenvalue weighted by atomic mass is 35.5. The van der Waals surface area contributed by atoms with Crippen molar-refractivity contribution in [2.45, 2.75) is 24.7 Å². The van der Waals surface area contributed by atoms with Gasteiger partial charge in [0.1, 0.15) is 11.6 Å². The van der Waals surface area contributed by atoms with Gasteiger partial charge in [-0.3, -0.25) is 4.79 Å². The van der Waals surface area contributed by atoms with Crippen LogP contribution in [-0.2, 0) is 14.8 Å². The summed E-state index contributed by atoms with van der Waals surface area (Å²) in [6.45, 7) is 2.03. The summed E-state index contributed by atoms with van der Waals surface area (Å²) in [7, 11) is -3.81. The number of sulfonamides is 1. The molecule has 1 aliphatic heterocycles. The Bertz CT molecular complexity index is 1010. The number of anilines is 1. The molecule has 0 saturated carbocycles. The van der Waals surface area contributed by atoms with Crippen molar-refractivity contribution in [3.05, 3.63) is 58.6 Å². The minimum absolute atomic E-state index is 0.0799. The third-order valence-electron chi connectivity index (χ3n) is 4.80. The van der Waals surface area contributed by atoms with E-state index in [1.54, 1.807) is 6.92 Å². The zero-order chi connectivity index (χ0) is 20.5. The molecule has 0 bridgehead atoms. The fourth-order valence-electron chi connectivity index (χ4n) is 3.15. The number of benzene rings is 2. The summed E-state index contributed by atoms with van der Waals surface area (Å²) in [5.74, 6) is -1.65. The van der Waals surface area contributed by atoms with E-state index in [-0.39, 0.29) is 40.6 Å². The maximum atomic E-state index is 13.3. The van der Waals surface area contributed by atoms with Crippen molar-refractivity contribution in [3.63, 3.8) is 0 Å². The molecule has 1 fully saturated rings. The van der Waals surface area contributed by atoms with E-state index in [1.165, 1.54) is 28.6 Å². The first kappa shape index (κ1) is 20.7. The normalized spacial score (nSPS) is 16.1. The molecule has 1 N–H and O–H groups in total. The van der Waals surface area contributed by atoms with Crippen LogP contribution in [0, 0.1) is 24.5 Å². The molecule has 0 aromatic heterocycles. The standard InChI is InChI=1S/C19H19ClF2N2O3S/c1-12-10-14(21)2-5-18(12)23-19(25)13-6-8-24(9-7-13)28(26,27)15-3-4-17(22)16(20)11-15/h2-5,10-11,13H,6-9H2,1H3,(H,23,25). The third-order valence-corrected chi connectivity index (χ3v) is 6.98. The Morgan fingerprint density at radius 3 is 2.43 bits per heavy atom. The Morgan fingerprint density at radius 2 is 1.82 bits per heavy atom. The van der Waals surface area contributed by atoms with Crippen molar-refractivity contribution in [2.75, 3.05) is 18.4 Å². The van der Waals surface area contributed by atoms with Gasteiger partial charge in [-0.2, -0.15) is 4.31 Å². The average molecular weight is 429 g/mol. The van der Waals surface area contributed by atoms with Crippen molar-refractivity contribution >= 4 is 33.2 Å². The van der Waals surface area contributed by atoms with Gasteiger partial charge in [0.05, 0.1) is 9.92 Å². The van der Waals surface area contributed by atoms with E-state index >= 15 is 0 Å². The van der Waals surface area contributed by atoms with Gasteiger partial charge in [-0.15, -0.1) is 0 Å². The number of rotatable bonds is 4. The zero-order valence-electron chi connectivity index (χ0n) is 15.1. The molecule has 0 aliphatic carbocycles. The molecule has 1 amide bonds. The van der Waals surface area contributed by atoms with Gasteiger partial charge in [0, 0.05) is 24.7 Å². The largest absolute Gasteiger partial charge is 0.326 e. The van der Waals surface area contributed by atoms with Gasteiger partial charge in [0.2, 0.25) is 15.9 Å². The smallest absolute Gasteiger partial charge is 0.243 e. The lowest BCUT2D eigenvalue weighted by molar-refractivity contribution is -0.120. The summed E-state index contributed by atoms with van der Waals surface area (Å²) in [5, 5.41) is 2.51. The summed E-state index contributed by atoms with van der Waals surface area (Å²) in [4.78, 5) is 12.4. The molecule has 2 aromatic carbocycles. The van der Waals surface area contributed by atoms with Crippen molar-refractivity contribution in [2.24, 2.45) is 5.92 Å². The number of piperidine rings is 1. The number of nitrogens with one attached hydrogen (secondary N) is 1. The molecule has 1 heterocycles. The second-order valence-electron chi connectivity index (χ2n) is 6.70. The summed E-state index contributed by atoms with van der Waals surface area (Å²) >= 11 is 5.69. The third kappa shape index (κ3) is 4.34. The zero-order valence-corrected chi connectivity index (χ0v) is 16.7. The van der Waals surface area contributed by atoms with Crippen LogP contribution in [0.2, 0.25) is 5.02 Å². The highest BCUT2D eigenvalue weighted by molar-refractivity contribution is 7.89. The quantitative estimate of drug-likeness (QED) is 0.801. The van der Waals surface area contributed by atoms with Crippen LogP contribution in [0.4, 0.5) is 14.5 Å². The minimum Gasteiger partial charge on any atom is -0.326 e. The molecular weight excluding hydrogens is 410 g/mol. The Labute approximate surface area is 167 Å². The van der Waals surface area contributed by atoms with E-state index in [4.69, 9.17) is 11.6 Å². The summed E-state index contributed by atoms with van der Waals surface area (Å²) < 4.78 is 53.1. The molecule has 1 aliphatic rings. The van der Waals surface area contributed by atoms with Gasteiger partial charge in [0.15, 0.2) is 0 Å². The Morgan fingerprint density at radius 1 is 1.14 bits per heavy atom. The number of carbonyl (C=O) groups is 1. The molecule has 5 nitrogen and oxygen atoms in total. The average Bonchev–Trinajstić information content (AvgIpc) is 2.66. The lowest BCUT2D eigenvalue weighted by atomic mass is 9.97. The van der Waals surface area contributed by atoms with Gasteiger partial charge < -0.3 is 5.32 Å². The highest BCUT2D eigenvalue weighted by Gasteiger charge is 2.32. The molecule has 150 valence electrons. The molecule has 0 radical (unpaired) electrons. The highest BCUT2D eigenvalue weighted by Crippen LogP contribution is 2.27. The molecular formula is C19H19ClF2N2O3S. The van der Waals surface area contributed by atoms with Crippen molar-refractivity contribution in [3.8, 4) is 0 Å². The van der Waals surface area contributed by atoms with Crippen LogP contribution in [0.3, 0.4) is 0 Å². The van der Waals surface area contributed by atoms with Gasteiger partial charge in [0.25, 0.3) is 0 Å². The van der Waals surface area contributed by atoms with Gasteiger partial charge in [-0.05, 0) is 61.7 Å². The number of hydrogen-bond donors (Lipinski definition) is 1. The molecule has 3 rings (SSSR count). The van der Waals surface area contributed by atoms with Crippen molar-refractivity contribution in [1.82, 2.24) is 4.31 Å². The Balaban J connectivity index is 1.64. The lowest BCUT2D eigenvalue weighted by Gasteiger charge is -2.30. The first-order valence-electron chi connectivity index (χ1n) is 8.70. The second-order valence-corrected chi connectivity index (χ2v) is 9.05. The summed E-state index contributed by atoms with van der Waals surface area (Å²) in [6.07, 6.45) is 0.695. The Hall–Kier alpha value is -2.03. The molecule has 0 atom stereocenters. The van der Waals surface area contributed by atoms with Crippen LogP contribution in [0.25, 0.3) is 0 Å². The number of halogens is 3. The van der Waals surface area contributed by atoms with Gasteiger partial charge in [-0.25, -0.2) is 17.2 Å². The van der Waals surface area contributed by atoms with E-state index in [1.807, 2.05) is 0 Å². The van der Waals surface area contributed by atoms with E-state index in [0.717, 1.165) is 12.1 Å². The molecule has 1 saturated heterocycles.